The molecule has 1 aliphatic carbocycles. The van der Waals surface area contributed by atoms with E-state index in [1.165, 1.54) is 30.9 Å². The van der Waals surface area contributed by atoms with E-state index in [9.17, 15) is 9.59 Å². The zero-order chi connectivity index (χ0) is 16.4. The quantitative estimate of drug-likeness (QED) is 0.930. The average molecular weight is 333 g/mol. The van der Waals surface area contributed by atoms with E-state index < -0.39 is 0 Å². The summed E-state index contributed by atoms with van der Waals surface area (Å²) in [7, 11) is 1.44. The van der Waals surface area contributed by atoms with Crippen LogP contribution in [-0.2, 0) is 24.2 Å². The number of anilines is 1. The largest absolute Gasteiger partial charge is 0.491 e. The average Bonchev–Trinajstić information content (AvgIpc) is 2.92. The van der Waals surface area contributed by atoms with Crippen LogP contribution in [0.25, 0.3) is 0 Å². The van der Waals surface area contributed by atoms with Gasteiger partial charge in [-0.2, -0.15) is 0 Å². The van der Waals surface area contributed by atoms with Crippen molar-refractivity contribution in [2.75, 3.05) is 12.4 Å². The summed E-state index contributed by atoms with van der Waals surface area (Å²) in [5.74, 6) is 0.0676. The molecule has 0 spiro atoms. The Morgan fingerprint density at radius 2 is 2.22 bits per heavy atom. The van der Waals surface area contributed by atoms with E-state index in [0.717, 1.165) is 18.5 Å². The molecular formula is C16H19N3O3S. The van der Waals surface area contributed by atoms with Gasteiger partial charge in [-0.15, -0.1) is 11.3 Å². The number of aryl methyl sites for hydroxylation is 3. The van der Waals surface area contributed by atoms with Crippen molar-refractivity contribution in [1.82, 2.24) is 9.55 Å². The highest BCUT2D eigenvalue weighted by atomic mass is 32.1. The number of fused-ring (bicyclic) bond motifs is 1. The number of amides is 1. The van der Waals surface area contributed by atoms with Crippen molar-refractivity contribution in [3.8, 4) is 5.75 Å². The Kier molecular flexibility index (Phi) is 4.47. The van der Waals surface area contributed by atoms with Crippen molar-refractivity contribution >= 4 is 22.4 Å². The van der Waals surface area contributed by atoms with Crippen LogP contribution in [0, 0.1) is 6.92 Å². The van der Waals surface area contributed by atoms with Gasteiger partial charge in [0.1, 0.15) is 6.54 Å². The van der Waals surface area contributed by atoms with Crippen LogP contribution >= 0.6 is 11.3 Å². The molecule has 0 bridgehead atoms. The summed E-state index contributed by atoms with van der Waals surface area (Å²) in [6.07, 6.45) is 5.97. The molecule has 6 nitrogen and oxygen atoms in total. The Morgan fingerprint density at radius 1 is 1.43 bits per heavy atom. The van der Waals surface area contributed by atoms with Crippen LogP contribution < -0.4 is 15.5 Å². The van der Waals surface area contributed by atoms with Crippen LogP contribution in [0.15, 0.2) is 17.1 Å². The predicted octanol–water partition coefficient (Wildman–Crippen LogP) is 2.14. The number of thiazole rings is 1. The van der Waals surface area contributed by atoms with E-state index in [1.807, 2.05) is 0 Å². The maximum absolute atomic E-state index is 12.2. The maximum atomic E-state index is 12.2. The zero-order valence-electron chi connectivity index (χ0n) is 13.2. The van der Waals surface area contributed by atoms with Gasteiger partial charge in [0.2, 0.25) is 11.3 Å². The summed E-state index contributed by atoms with van der Waals surface area (Å²) in [5, 5.41) is 3.52. The van der Waals surface area contributed by atoms with E-state index >= 15 is 0 Å². The Bertz CT molecular complexity index is 771. The van der Waals surface area contributed by atoms with Crippen molar-refractivity contribution in [2.24, 2.45) is 0 Å². The molecule has 0 saturated carbocycles. The number of rotatable bonds is 4. The van der Waals surface area contributed by atoms with E-state index in [0.29, 0.717) is 10.8 Å². The van der Waals surface area contributed by atoms with Crippen molar-refractivity contribution in [3.05, 3.63) is 38.8 Å². The molecule has 0 fully saturated rings. The summed E-state index contributed by atoms with van der Waals surface area (Å²) in [4.78, 5) is 29.7. The van der Waals surface area contributed by atoms with E-state index in [1.54, 1.807) is 29.0 Å². The number of hydrogen-bond donors (Lipinski definition) is 1. The molecule has 1 N–H and O–H groups in total. The number of carbonyl (C=O) groups is 1. The summed E-state index contributed by atoms with van der Waals surface area (Å²) >= 11 is 1.56. The third kappa shape index (κ3) is 3.44. The highest BCUT2D eigenvalue weighted by Crippen LogP contribution is 2.29. The second-order valence-electron chi connectivity index (χ2n) is 5.62. The topological polar surface area (TPSA) is 73.2 Å². The fourth-order valence-corrected chi connectivity index (χ4v) is 3.76. The highest BCUT2D eigenvalue weighted by molar-refractivity contribution is 7.15. The first kappa shape index (κ1) is 15.7. The number of ether oxygens (including phenoxy) is 1. The maximum Gasteiger partial charge on any atom is 0.246 e. The molecular weight excluding hydrogens is 314 g/mol. The molecule has 3 rings (SSSR count). The molecule has 122 valence electrons. The SMILES string of the molecule is COc1cn(CC(=O)Nc2nc3c(s2)CCCC3)c(C)cc1=O. The van der Waals surface area contributed by atoms with Crippen LogP contribution in [0.5, 0.6) is 5.75 Å². The third-order valence-corrected chi connectivity index (χ3v) is 5.01. The molecule has 2 aromatic heterocycles. The molecule has 1 amide bonds. The molecule has 0 saturated heterocycles. The van der Waals surface area contributed by atoms with Crippen molar-refractivity contribution in [3.63, 3.8) is 0 Å². The van der Waals surface area contributed by atoms with Gasteiger partial charge in [0.05, 0.1) is 19.0 Å². The van der Waals surface area contributed by atoms with Gasteiger partial charge in [-0.25, -0.2) is 4.98 Å². The first-order chi connectivity index (χ1) is 11.1. The second kappa shape index (κ2) is 6.54. The van der Waals surface area contributed by atoms with Crippen molar-refractivity contribution < 1.29 is 9.53 Å². The predicted molar refractivity (Wildman–Crippen MR) is 89.4 cm³/mol. The van der Waals surface area contributed by atoms with E-state index in [2.05, 4.69) is 10.3 Å². The molecule has 0 aliphatic heterocycles. The molecule has 2 aromatic rings. The molecule has 7 heteroatoms. The fraction of sp³-hybridized carbons (Fsp3) is 0.438. The number of aromatic nitrogens is 2. The van der Waals surface area contributed by atoms with Gasteiger partial charge in [0, 0.05) is 16.6 Å². The summed E-state index contributed by atoms with van der Waals surface area (Å²) in [6.45, 7) is 1.91. The lowest BCUT2D eigenvalue weighted by atomic mass is 10.0. The lowest BCUT2D eigenvalue weighted by Gasteiger charge is -2.11. The van der Waals surface area contributed by atoms with Gasteiger partial charge < -0.3 is 14.6 Å². The summed E-state index contributed by atoms with van der Waals surface area (Å²) < 4.78 is 6.72. The molecule has 0 radical (unpaired) electrons. The number of carbonyl (C=O) groups excluding carboxylic acids is 1. The van der Waals surface area contributed by atoms with Crippen molar-refractivity contribution in [1.29, 1.82) is 0 Å². The van der Waals surface area contributed by atoms with Gasteiger partial charge in [0.25, 0.3) is 0 Å². The van der Waals surface area contributed by atoms with Gasteiger partial charge in [-0.05, 0) is 32.6 Å². The Labute approximate surface area is 138 Å². The van der Waals surface area contributed by atoms with Gasteiger partial charge >= 0.3 is 0 Å². The van der Waals surface area contributed by atoms with E-state index in [4.69, 9.17) is 4.74 Å². The lowest BCUT2D eigenvalue weighted by molar-refractivity contribution is -0.116. The minimum atomic E-state index is -0.186. The highest BCUT2D eigenvalue weighted by Gasteiger charge is 2.16. The number of hydrogen-bond acceptors (Lipinski definition) is 5. The number of methoxy groups -OCH3 is 1. The Morgan fingerprint density at radius 3 is 2.96 bits per heavy atom. The molecule has 0 aromatic carbocycles. The molecule has 1 aliphatic rings. The number of pyridine rings is 1. The lowest BCUT2D eigenvalue weighted by Crippen LogP contribution is -2.21. The Balaban J connectivity index is 1.72. The minimum Gasteiger partial charge on any atom is -0.491 e. The monoisotopic (exact) mass is 333 g/mol. The third-order valence-electron chi connectivity index (χ3n) is 3.93. The number of nitrogens with one attached hydrogen (secondary N) is 1. The normalized spacial score (nSPS) is 13.5. The second-order valence-corrected chi connectivity index (χ2v) is 6.70. The standard InChI is InChI=1S/C16H19N3O3S/c1-10-7-12(20)13(22-2)8-19(10)9-15(21)18-16-17-11-5-3-4-6-14(11)23-16/h7-8H,3-6,9H2,1-2H3,(H,17,18,21). The van der Waals surface area contributed by atoms with Gasteiger partial charge in [-0.3, -0.25) is 9.59 Å². The zero-order valence-corrected chi connectivity index (χ0v) is 14.0. The minimum absolute atomic E-state index is 0.118. The molecule has 0 unspecified atom stereocenters. The van der Waals surface area contributed by atoms with Crippen LogP contribution in [0.1, 0.15) is 29.1 Å². The number of nitrogens with zero attached hydrogens (tertiary/aromatic N) is 2. The van der Waals surface area contributed by atoms with Crippen molar-refractivity contribution in [2.45, 2.75) is 39.2 Å². The smallest absolute Gasteiger partial charge is 0.246 e. The first-order valence-corrected chi connectivity index (χ1v) is 8.42. The summed E-state index contributed by atoms with van der Waals surface area (Å²) in [5.41, 5.74) is 1.65. The van der Waals surface area contributed by atoms with E-state index in [-0.39, 0.29) is 23.6 Å². The van der Waals surface area contributed by atoms with Gasteiger partial charge in [0.15, 0.2) is 10.9 Å². The summed E-state index contributed by atoms with van der Waals surface area (Å²) in [6, 6.07) is 1.47. The fourth-order valence-electron chi connectivity index (χ4n) is 2.69. The van der Waals surface area contributed by atoms with Crippen LogP contribution in [-0.4, -0.2) is 22.6 Å². The van der Waals surface area contributed by atoms with Gasteiger partial charge in [-0.1, -0.05) is 0 Å². The van der Waals surface area contributed by atoms with Crippen LogP contribution in [0.2, 0.25) is 0 Å². The van der Waals surface area contributed by atoms with Crippen LogP contribution in [0.4, 0.5) is 5.13 Å². The Hall–Kier alpha value is -2.15. The molecule has 0 atom stereocenters. The molecule has 23 heavy (non-hydrogen) atoms. The molecule has 2 heterocycles. The van der Waals surface area contributed by atoms with Crippen LogP contribution in [0.3, 0.4) is 0 Å². The first-order valence-electron chi connectivity index (χ1n) is 7.60.